The first-order valence-electron chi connectivity index (χ1n) is 4.99. The van der Waals surface area contributed by atoms with Crippen LogP contribution in [0, 0.1) is 0 Å². The summed E-state index contributed by atoms with van der Waals surface area (Å²) < 4.78 is 22.8. The molecule has 0 spiro atoms. The SMILES string of the molecule is CN(C)c1cc(Cl)c2cnc(S(C)(=O)=O)nc2n1. The van der Waals surface area contributed by atoms with E-state index < -0.39 is 9.84 Å². The lowest BCUT2D eigenvalue weighted by atomic mass is 10.3. The minimum atomic E-state index is -3.46. The minimum absolute atomic E-state index is 0.255. The van der Waals surface area contributed by atoms with Gasteiger partial charge in [0.15, 0.2) is 5.65 Å². The smallest absolute Gasteiger partial charge is 0.248 e. The third-order valence-corrected chi connectivity index (χ3v) is 3.44. The summed E-state index contributed by atoms with van der Waals surface area (Å²) in [5.74, 6) is 0.602. The quantitative estimate of drug-likeness (QED) is 0.771. The van der Waals surface area contributed by atoms with Gasteiger partial charge in [-0.2, -0.15) is 4.98 Å². The molecule has 2 heterocycles. The van der Waals surface area contributed by atoms with Crippen LogP contribution in [-0.2, 0) is 9.84 Å². The second kappa shape index (κ2) is 4.33. The molecule has 0 saturated carbocycles. The first-order valence-corrected chi connectivity index (χ1v) is 7.26. The molecule has 96 valence electrons. The monoisotopic (exact) mass is 286 g/mol. The lowest BCUT2D eigenvalue weighted by Gasteiger charge is -2.12. The van der Waals surface area contributed by atoms with E-state index in [1.54, 1.807) is 11.0 Å². The zero-order valence-electron chi connectivity index (χ0n) is 10.0. The molecule has 0 saturated heterocycles. The zero-order valence-corrected chi connectivity index (χ0v) is 11.6. The van der Waals surface area contributed by atoms with Gasteiger partial charge < -0.3 is 4.90 Å². The number of anilines is 1. The Morgan fingerprint density at radius 2 is 1.94 bits per heavy atom. The second-order valence-electron chi connectivity index (χ2n) is 4.02. The molecule has 0 atom stereocenters. The molecule has 2 aromatic rings. The van der Waals surface area contributed by atoms with Gasteiger partial charge in [0.25, 0.3) is 0 Å². The summed E-state index contributed by atoms with van der Waals surface area (Å²) in [5.41, 5.74) is 0.265. The van der Waals surface area contributed by atoms with Crippen molar-refractivity contribution in [1.29, 1.82) is 0 Å². The van der Waals surface area contributed by atoms with E-state index >= 15 is 0 Å². The van der Waals surface area contributed by atoms with E-state index in [0.717, 1.165) is 6.26 Å². The van der Waals surface area contributed by atoms with Gasteiger partial charge in [0, 0.05) is 32.6 Å². The Balaban J connectivity index is 2.76. The molecule has 18 heavy (non-hydrogen) atoms. The molecular weight excluding hydrogens is 276 g/mol. The van der Waals surface area contributed by atoms with E-state index in [1.807, 2.05) is 14.1 Å². The van der Waals surface area contributed by atoms with Gasteiger partial charge in [0.1, 0.15) is 5.82 Å². The van der Waals surface area contributed by atoms with E-state index in [-0.39, 0.29) is 10.8 Å². The Labute approximate surface area is 110 Å². The summed E-state index contributed by atoms with van der Waals surface area (Å²) in [7, 11) is 0.158. The van der Waals surface area contributed by atoms with Gasteiger partial charge in [0.05, 0.1) is 10.4 Å². The summed E-state index contributed by atoms with van der Waals surface area (Å²) in [5, 5.41) is 0.702. The molecule has 2 aromatic heterocycles. The molecule has 6 nitrogen and oxygen atoms in total. The van der Waals surface area contributed by atoms with Crippen molar-refractivity contribution in [3.63, 3.8) is 0 Å². The fourth-order valence-electron chi connectivity index (χ4n) is 1.35. The standard InChI is InChI=1S/C10H11ClN4O2S/c1-15(2)8-4-7(11)6-5-12-10(18(3,16)17)14-9(6)13-8/h4-5H,1-3H3. The molecule has 0 N–H and O–H groups in total. The molecular formula is C10H11ClN4O2S. The minimum Gasteiger partial charge on any atom is -0.363 e. The predicted molar refractivity (Wildman–Crippen MR) is 69.8 cm³/mol. The fraction of sp³-hybridized carbons (Fsp3) is 0.300. The molecule has 0 aromatic carbocycles. The van der Waals surface area contributed by atoms with Gasteiger partial charge in [-0.05, 0) is 0 Å². The van der Waals surface area contributed by atoms with Crippen LogP contribution in [0.25, 0.3) is 11.0 Å². The highest BCUT2D eigenvalue weighted by atomic mass is 35.5. The molecule has 2 rings (SSSR count). The number of nitrogens with zero attached hydrogens (tertiary/aromatic N) is 4. The molecule has 0 fully saturated rings. The third kappa shape index (κ3) is 2.37. The number of fused-ring (bicyclic) bond motifs is 1. The molecule has 0 aliphatic rings. The number of halogens is 1. The normalized spacial score (nSPS) is 11.8. The number of hydrogen-bond donors (Lipinski definition) is 0. The Bertz CT molecular complexity index is 715. The third-order valence-electron chi connectivity index (χ3n) is 2.27. The zero-order chi connectivity index (χ0) is 13.5. The molecule has 0 aliphatic heterocycles. The Morgan fingerprint density at radius 3 is 2.50 bits per heavy atom. The van der Waals surface area contributed by atoms with E-state index in [9.17, 15) is 8.42 Å². The maximum absolute atomic E-state index is 11.4. The Kier molecular flexibility index (Phi) is 3.12. The summed E-state index contributed by atoms with van der Waals surface area (Å²) >= 11 is 6.08. The summed E-state index contributed by atoms with van der Waals surface area (Å²) in [6.45, 7) is 0. The van der Waals surface area contributed by atoms with Gasteiger partial charge in [-0.3, -0.25) is 0 Å². The Hall–Kier alpha value is -1.47. The first-order chi connectivity index (χ1) is 8.29. The van der Waals surface area contributed by atoms with Crippen molar-refractivity contribution in [3.05, 3.63) is 17.3 Å². The van der Waals surface area contributed by atoms with E-state index in [2.05, 4.69) is 15.0 Å². The van der Waals surface area contributed by atoms with Crippen LogP contribution >= 0.6 is 11.6 Å². The summed E-state index contributed by atoms with van der Waals surface area (Å²) in [6.07, 6.45) is 2.42. The van der Waals surface area contributed by atoms with Gasteiger partial charge >= 0.3 is 0 Å². The fourth-order valence-corrected chi connectivity index (χ4v) is 2.08. The van der Waals surface area contributed by atoms with E-state index in [4.69, 9.17) is 11.6 Å². The van der Waals surface area contributed by atoms with Gasteiger partial charge in [-0.25, -0.2) is 18.4 Å². The van der Waals surface area contributed by atoms with Crippen LogP contribution in [0.5, 0.6) is 0 Å². The van der Waals surface area contributed by atoms with E-state index in [1.165, 1.54) is 6.20 Å². The van der Waals surface area contributed by atoms with Crippen LogP contribution in [0.3, 0.4) is 0 Å². The van der Waals surface area contributed by atoms with Crippen LogP contribution in [0.1, 0.15) is 0 Å². The van der Waals surface area contributed by atoms with Crippen LogP contribution in [-0.4, -0.2) is 43.7 Å². The highest BCUT2D eigenvalue weighted by molar-refractivity contribution is 7.90. The molecule has 0 bridgehead atoms. The number of rotatable bonds is 2. The van der Waals surface area contributed by atoms with Gasteiger partial charge in [0.2, 0.25) is 15.0 Å². The van der Waals surface area contributed by atoms with Crippen LogP contribution < -0.4 is 4.90 Å². The molecule has 0 radical (unpaired) electrons. The van der Waals surface area contributed by atoms with Crippen molar-refractivity contribution in [2.45, 2.75) is 5.16 Å². The van der Waals surface area contributed by atoms with Crippen molar-refractivity contribution in [1.82, 2.24) is 15.0 Å². The maximum atomic E-state index is 11.4. The van der Waals surface area contributed by atoms with Crippen molar-refractivity contribution in [2.24, 2.45) is 0 Å². The maximum Gasteiger partial charge on any atom is 0.248 e. The van der Waals surface area contributed by atoms with Crippen molar-refractivity contribution in [3.8, 4) is 0 Å². The summed E-state index contributed by atoms with van der Waals surface area (Å²) in [4.78, 5) is 13.7. The molecule has 0 amide bonds. The van der Waals surface area contributed by atoms with Crippen molar-refractivity contribution >= 4 is 38.3 Å². The van der Waals surface area contributed by atoms with Crippen LogP contribution in [0.4, 0.5) is 5.82 Å². The first kappa shape index (κ1) is 13.0. The molecule has 8 heteroatoms. The second-order valence-corrected chi connectivity index (χ2v) is 6.34. The van der Waals surface area contributed by atoms with E-state index in [0.29, 0.717) is 16.2 Å². The topological polar surface area (TPSA) is 76.1 Å². The Morgan fingerprint density at radius 1 is 1.28 bits per heavy atom. The number of hydrogen-bond acceptors (Lipinski definition) is 6. The lowest BCUT2D eigenvalue weighted by Crippen LogP contribution is -2.11. The summed E-state index contributed by atoms with van der Waals surface area (Å²) in [6, 6.07) is 1.67. The average Bonchev–Trinajstić information content (AvgIpc) is 2.26. The van der Waals surface area contributed by atoms with Crippen molar-refractivity contribution in [2.75, 3.05) is 25.3 Å². The number of sulfone groups is 1. The molecule has 0 aliphatic carbocycles. The van der Waals surface area contributed by atoms with Crippen LogP contribution in [0.15, 0.2) is 17.4 Å². The largest absolute Gasteiger partial charge is 0.363 e. The molecule has 0 unspecified atom stereocenters. The highest BCUT2D eigenvalue weighted by Gasteiger charge is 2.14. The number of aromatic nitrogens is 3. The average molecular weight is 287 g/mol. The van der Waals surface area contributed by atoms with Crippen molar-refractivity contribution < 1.29 is 8.42 Å². The predicted octanol–water partition coefficient (Wildman–Crippen LogP) is 1.15. The van der Waals surface area contributed by atoms with Gasteiger partial charge in [-0.15, -0.1) is 0 Å². The lowest BCUT2D eigenvalue weighted by molar-refractivity contribution is 0.593. The van der Waals surface area contributed by atoms with Crippen LogP contribution in [0.2, 0.25) is 5.02 Å². The number of pyridine rings is 1. The highest BCUT2D eigenvalue weighted by Crippen LogP contribution is 2.25. The van der Waals surface area contributed by atoms with Gasteiger partial charge in [-0.1, -0.05) is 11.6 Å².